The maximum Gasteiger partial charge on any atom is 0.324 e. The van der Waals surface area contributed by atoms with Crippen LogP contribution in [0.25, 0.3) is 0 Å². The third-order valence-corrected chi connectivity index (χ3v) is 4.47. The molecule has 2 aromatic rings. The molecule has 0 spiro atoms. The molecule has 0 saturated heterocycles. The number of rotatable bonds is 3. The Bertz CT molecular complexity index is 528. The zero-order chi connectivity index (χ0) is 12.3. The Morgan fingerprint density at radius 2 is 1.59 bits per heavy atom. The van der Waals surface area contributed by atoms with E-state index in [1.807, 2.05) is 48.7 Å². The zero-order valence-corrected chi connectivity index (χ0v) is 10.2. The quantitative estimate of drug-likeness (QED) is 0.474. The van der Waals surface area contributed by atoms with E-state index >= 15 is 0 Å². The van der Waals surface area contributed by atoms with Crippen molar-refractivity contribution in [3.05, 3.63) is 64.7 Å². The fraction of sp³-hybridized carbons (Fsp3) is 0.0769. The van der Waals surface area contributed by atoms with Gasteiger partial charge in [-0.2, -0.15) is 0 Å². The van der Waals surface area contributed by atoms with Gasteiger partial charge in [-0.15, -0.1) is 0 Å². The second-order valence-electron chi connectivity index (χ2n) is 3.55. The lowest BCUT2D eigenvalue weighted by atomic mass is 10.3. The van der Waals surface area contributed by atoms with Gasteiger partial charge in [0, 0.05) is 12.1 Å². The number of benzene rings is 2. The minimum absolute atomic E-state index is 0.196. The Morgan fingerprint density at radius 1 is 1.00 bits per heavy atom. The second kappa shape index (κ2) is 5.01. The van der Waals surface area contributed by atoms with Crippen LogP contribution in [0.2, 0.25) is 0 Å². The molecule has 0 aliphatic carbocycles. The van der Waals surface area contributed by atoms with Crippen molar-refractivity contribution in [3.63, 3.8) is 0 Å². The molecule has 0 aromatic heterocycles. The van der Waals surface area contributed by atoms with E-state index in [1.54, 1.807) is 12.1 Å². The molecule has 2 rings (SSSR count). The maximum absolute atomic E-state index is 11.0. The monoisotopic (exact) mass is 246 g/mol. The topological polar surface area (TPSA) is 43.1 Å². The summed E-state index contributed by atoms with van der Waals surface area (Å²) in [7, 11) is -0.271. The molecule has 0 aliphatic heterocycles. The van der Waals surface area contributed by atoms with Gasteiger partial charge in [0.05, 0.1) is 15.8 Å². The first-order chi connectivity index (χ1) is 8.20. The average molecular weight is 246 g/mol. The number of hydrogen-bond acceptors (Lipinski definition) is 2. The van der Waals surface area contributed by atoms with Gasteiger partial charge in [-0.3, -0.25) is 10.1 Å². The van der Waals surface area contributed by atoms with E-state index in [0.29, 0.717) is 0 Å². The van der Waals surface area contributed by atoms with Gasteiger partial charge in [-0.05, 0) is 12.1 Å². The summed E-state index contributed by atoms with van der Waals surface area (Å²) in [5.41, 5.74) is 0.196. The third-order valence-electron chi connectivity index (χ3n) is 2.49. The summed E-state index contributed by atoms with van der Waals surface area (Å²) in [6.45, 7) is 0. The van der Waals surface area contributed by atoms with Gasteiger partial charge in [0.15, 0.2) is 4.90 Å². The van der Waals surface area contributed by atoms with Gasteiger partial charge >= 0.3 is 5.69 Å². The molecule has 0 aliphatic rings. The van der Waals surface area contributed by atoms with Crippen LogP contribution in [0.3, 0.4) is 0 Å². The smallest absolute Gasteiger partial charge is 0.258 e. The van der Waals surface area contributed by atoms with Crippen LogP contribution in [-0.2, 0) is 10.9 Å². The number of para-hydroxylation sites is 1. The molecule has 2 aromatic carbocycles. The average Bonchev–Trinajstić information content (AvgIpc) is 2.39. The van der Waals surface area contributed by atoms with Crippen LogP contribution in [-0.4, -0.2) is 11.2 Å². The largest absolute Gasteiger partial charge is 0.324 e. The molecule has 0 N–H and O–H groups in total. The summed E-state index contributed by atoms with van der Waals surface area (Å²) in [5, 5.41) is 11.0. The summed E-state index contributed by atoms with van der Waals surface area (Å²) in [6, 6.07) is 16.8. The van der Waals surface area contributed by atoms with Gasteiger partial charge in [0.2, 0.25) is 4.90 Å². The summed E-state index contributed by atoms with van der Waals surface area (Å²) in [4.78, 5) is 12.5. The Kier molecular flexibility index (Phi) is 3.44. The minimum Gasteiger partial charge on any atom is -0.258 e. The van der Waals surface area contributed by atoms with Crippen molar-refractivity contribution in [3.8, 4) is 0 Å². The van der Waals surface area contributed by atoms with E-state index in [-0.39, 0.29) is 21.5 Å². The fourth-order valence-corrected chi connectivity index (χ4v) is 3.18. The molecule has 1 atom stereocenters. The molecule has 1 unspecified atom stereocenters. The zero-order valence-electron chi connectivity index (χ0n) is 9.37. The van der Waals surface area contributed by atoms with Crippen molar-refractivity contribution in [2.24, 2.45) is 0 Å². The highest BCUT2D eigenvalue weighted by Gasteiger charge is 2.28. The van der Waals surface area contributed by atoms with Gasteiger partial charge in [-0.25, -0.2) is 0 Å². The van der Waals surface area contributed by atoms with E-state index < -0.39 is 0 Å². The van der Waals surface area contributed by atoms with E-state index in [4.69, 9.17) is 0 Å². The van der Waals surface area contributed by atoms with Gasteiger partial charge in [0.1, 0.15) is 6.26 Å². The standard InChI is InChI=1S/C13H12NO2S/c1-17(11-7-3-2-4-8-11)13-10-6-5-9-12(13)14(15)16/h2-10H,1H3/q+1. The molecule has 0 fully saturated rings. The van der Waals surface area contributed by atoms with Gasteiger partial charge in [-0.1, -0.05) is 30.3 Å². The van der Waals surface area contributed by atoms with Crippen LogP contribution in [0.4, 0.5) is 5.69 Å². The first kappa shape index (κ1) is 11.7. The lowest BCUT2D eigenvalue weighted by molar-refractivity contribution is -0.387. The van der Waals surface area contributed by atoms with Crippen LogP contribution in [0, 0.1) is 10.1 Å². The fourth-order valence-electron chi connectivity index (χ4n) is 1.62. The lowest BCUT2D eigenvalue weighted by Gasteiger charge is -2.02. The molecular formula is C13H12NO2S+. The second-order valence-corrected chi connectivity index (χ2v) is 5.48. The summed E-state index contributed by atoms with van der Waals surface area (Å²) >= 11 is 0. The Morgan fingerprint density at radius 3 is 2.24 bits per heavy atom. The highest BCUT2D eigenvalue weighted by molar-refractivity contribution is 7.96. The number of nitrogens with zero attached hydrogens (tertiary/aromatic N) is 1. The SMILES string of the molecule is C[S+](c1ccccc1)c1ccccc1[N+](=O)[O-]. The van der Waals surface area contributed by atoms with Crippen molar-refractivity contribution in [2.45, 2.75) is 9.79 Å². The Balaban J connectivity index is 2.44. The van der Waals surface area contributed by atoms with Crippen molar-refractivity contribution < 1.29 is 4.92 Å². The highest BCUT2D eigenvalue weighted by atomic mass is 32.2. The number of nitro groups is 1. The van der Waals surface area contributed by atoms with Crippen molar-refractivity contribution in [1.29, 1.82) is 0 Å². The molecule has 0 saturated carbocycles. The number of hydrogen-bond donors (Lipinski definition) is 0. The first-order valence-corrected chi connectivity index (χ1v) is 6.78. The summed E-state index contributed by atoms with van der Waals surface area (Å²) < 4.78 is 0. The molecule has 4 heteroatoms. The van der Waals surface area contributed by atoms with E-state index in [1.165, 1.54) is 0 Å². The summed E-state index contributed by atoms with van der Waals surface area (Å²) in [6.07, 6.45) is 2.01. The maximum atomic E-state index is 11.0. The number of nitro benzene ring substituents is 1. The van der Waals surface area contributed by atoms with Gasteiger partial charge < -0.3 is 0 Å². The van der Waals surface area contributed by atoms with E-state index in [2.05, 4.69) is 0 Å². The van der Waals surface area contributed by atoms with Crippen LogP contribution < -0.4 is 0 Å². The summed E-state index contributed by atoms with van der Waals surface area (Å²) in [5.74, 6) is 0. The van der Waals surface area contributed by atoms with E-state index in [0.717, 1.165) is 9.79 Å². The van der Waals surface area contributed by atoms with Crippen LogP contribution >= 0.6 is 0 Å². The Hall–Kier alpha value is -1.81. The van der Waals surface area contributed by atoms with Crippen molar-refractivity contribution in [2.75, 3.05) is 6.26 Å². The molecule has 3 nitrogen and oxygen atoms in total. The molecular weight excluding hydrogens is 234 g/mol. The molecule has 0 amide bonds. The predicted molar refractivity (Wildman–Crippen MR) is 69.4 cm³/mol. The lowest BCUT2D eigenvalue weighted by Crippen LogP contribution is -2.04. The molecule has 0 heterocycles. The molecule has 17 heavy (non-hydrogen) atoms. The van der Waals surface area contributed by atoms with Crippen molar-refractivity contribution in [1.82, 2.24) is 0 Å². The van der Waals surface area contributed by atoms with Crippen LogP contribution in [0.15, 0.2) is 64.4 Å². The molecule has 86 valence electrons. The van der Waals surface area contributed by atoms with E-state index in [9.17, 15) is 10.1 Å². The molecule has 0 bridgehead atoms. The van der Waals surface area contributed by atoms with Crippen molar-refractivity contribution >= 4 is 16.6 Å². The highest BCUT2D eigenvalue weighted by Crippen LogP contribution is 2.28. The first-order valence-electron chi connectivity index (χ1n) is 5.14. The third kappa shape index (κ3) is 2.47. The minimum atomic E-state index is -0.318. The normalized spacial score (nSPS) is 12.1. The van der Waals surface area contributed by atoms with Crippen LogP contribution in [0.1, 0.15) is 0 Å². The Labute approximate surface area is 103 Å². The molecule has 0 radical (unpaired) electrons. The van der Waals surface area contributed by atoms with Gasteiger partial charge in [0.25, 0.3) is 0 Å². The predicted octanol–water partition coefficient (Wildman–Crippen LogP) is 3.26. The van der Waals surface area contributed by atoms with Crippen LogP contribution in [0.5, 0.6) is 0 Å².